The first kappa shape index (κ1) is 15.0. The summed E-state index contributed by atoms with van der Waals surface area (Å²) in [6.07, 6.45) is 0.994. The fraction of sp³-hybridized carbons (Fsp3) is 0.385. The van der Waals surface area contributed by atoms with Crippen molar-refractivity contribution in [1.82, 2.24) is 0 Å². The van der Waals surface area contributed by atoms with E-state index in [1.165, 1.54) is 0 Å². The maximum atomic E-state index is 11.6. The van der Waals surface area contributed by atoms with Gasteiger partial charge in [-0.05, 0) is 25.5 Å². The van der Waals surface area contributed by atoms with Crippen molar-refractivity contribution in [2.45, 2.75) is 25.8 Å². The second-order valence-electron chi connectivity index (χ2n) is 4.35. The van der Waals surface area contributed by atoms with Crippen molar-refractivity contribution in [2.24, 2.45) is 11.5 Å². The summed E-state index contributed by atoms with van der Waals surface area (Å²) in [5.74, 6) is -0.181. The smallest absolute Gasteiger partial charge is 0.255 e. The Morgan fingerprint density at radius 1 is 1.42 bits per heavy atom. The Kier molecular flexibility index (Phi) is 5.81. The molecule has 0 heterocycles. The second-order valence-corrected chi connectivity index (χ2v) is 4.35. The molecule has 0 aliphatic heterocycles. The third-order valence-corrected chi connectivity index (χ3v) is 2.33. The summed E-state index contributed by atoms with van der Waals surface area (Å²) in [6, 6.07) is 6.77. The molecule has 19 heavy (non-hydrogen) atoms. The van der Waals surface area contributed by atoms with Crippen LogP contribution in [0.15, 0.2) is 24.3 Å². The molecule has 0 fully saturated rings. The van der Waals surface area contributed by atoms with Crippen LogP contribution in [-0.2, 0) is 9.59 Å². The van der Waals surface area contributed by atoms with Gasteiger partial charge in [-0.2, -0.15) is 0 Å². The molecule has 0 aliphatic rings. The second kappa shape index (κ2) is 7.38. The fourth-order valence-corrected chi connectivity index (χ4v) is 1.40. The summed E-state index contributed by atoms with van der Waals surface area (Å²) in [5, 5.41) is 2.73. The van der Waals surface area contributed by atoms with Gasteiger partial charge >= 0.3 is 0 Å². The highest BCUT2D eigenvalue weighted by atomic mass is 16.5. The van der Waals surface area contributed by atoms with E-state index in [0.717, 1.165) is 0 Å². The lowest BCUT2D eigenvalue weighted by Gasteiger charge is -2.09. The Morgan fingerprint density at radius 3 is 2.79 bits per heavy atom. The van der Waals surface area contributed by atoms with Gasteiger partial charge in [0, 0.05) is 24.2 Å². The van der Waals surface area contributed by atoms with Gasteiger partial charge in [-0.1, -0.05) is 6.07 Å². The van der Waals surface area contributed by atoms with Crippen LogP contribution in [0, 0.1) is 0 Å². The van der Waals surface area contributed by atoms with Crippen LogP contribution in [-0.4, -0.2) is 24.5 Å². The van der Waals surface area contributed by atoms with Gasteiger partial charge in [-0.25, -0.2) is 0 Å². The fourth-order valence-electron chi connectivity index (χ4n) is 1.40. The first-order valence-corrected chi connectivity index (χ1v) is 6.04. The zero-order chi connectivity index (χ0) is 14.3. The average Bonchev–Trinajstić information content (AvgIpc) is 2.34. The molecule has 2 amide bonds. The molecule has 6 nitrogen and oxygen atoms in total. The van der Waals surface area contributed by atoms with E-state index in [4.69, 9.17) is 16.2 Å². The van der Waals surface area contributed by atoms with E-state index >= 15 is 0 Å². The standard InChI is InChI=1S/C13H19N3O3/c1-9(14)5-6-13(18)16-10-3-2-4-11(7-10)19-8-12(15)17/h2-4,7,9H,5-6,8,14H2,1H3,(H2,15,17)(H,16,18). The van der Waals surface area contributed by atoms with Gasteiger partial charge in [-0.15, -0.1) is 0 Å². The third-order valence-electron chi connectivity index (χ3n) is 2.33. The van der Waals surface area contributed by atoms with Crippen LogP contribution < -0.4 is 21.5 Å². The number of anilines is 1. The molecule has 1 rings (SSSR count). The molecule has 0 aliphatic carbocycles. The zero-order valence-corrected chi connectivity index (χ0v) is 10.9. The van der Waals surface area contributed by atoms with Crippen molar-refractivity contribution in [1.29, 1.82) is 0 Å². The van der Waals surface area contributed by atoms with Crippen LogP contribution in [0.25, 0.3) is 0 Å². The van der Waals surface area contributed by atoms with Gasteiger partial charge in [0.25, 0.3) is 5.91 Å². The lowest BCUT2D eigenvalue weighted by atomic mass is 10.2. The molecule has 0 spiro atoms. The number of nitrogens with two attached hydrogens (primary N) is 2. The van der Waals surface area contributed by atoms with Crippen molar-refractivity contribution in [2.75, 3.05) is 11.9 Å². The molecule has 1 unspecified atom stereocenters. The normalized spacial score (nSPS) is 11.7. The predicted molar refractivity (Wildman–Crippen MR) is 72.6 cm³/mol. The summed E-state index contributed by atoms with van der Waals surface area (Å²) in [4.78, 5) is 22.2. The Morgan fingerprint density at radius 2 is 2.16 bits per heavy atom. The van der Waals surface area contributed by atoms with Gasteiger partial charge in [-0.3, -0.25) is 9.59 Å². The zero-order valence-electron chi connectivity index (χ0n) is 10.9. The average molecular weight is 265 g/mol. The number of carbonyl (C=O) groups is 2. The molecule has 5 N–H and O–H groups in total. The van der Waals surface area contributed by atoms with Crippen LogP contribution >= 0.6 is 0 Å². The third kappa shape index (κ3) is 6.42. The van der Waals surface area contributed by atoms with E-state index in [0.29, 0.717) is 24.3 Å². The summed E-state index contributed by atoms with van der Waals surface area (Å²) in [5.41, 5.74) is 11.2. The lowest BCUT2D eigenvalue weighted by molar-refractivity contribution is -0.120. The minimum atomic E-state index is -0.550. The summed E-state index contributed by atoms with van der Waals surface area (Å²) < 4.78 is 5.14. The number of amides is 2. The molecule has 1 aromatic carbocycles. The van der Waals surface area contributed by atoms with Crippen LogP contribution in [0.4, 0.5) is 5.69 Å². The van der Waals surface area contributed by atoms with Gasteiger partial charge < -0.3 is 21.5 Å². The van der Waals surface area contributed by atoms with E-state index in [1.807, 2.05) is 6.92 Å². The number of carbonyl (C=O) groups excluding carboxylic acids is 2. The van der Waals surface area contributed by atoms with E-state index in [-0.39, 0.29) is 18.6 Å². The molecule has 6 heteroatoms. The number of rotatable bonds is 7. The van der Waals surface area contributed by atoms with Crippen molar-refractivity contribution in [3.05, 3.63) is 24.3 Å². The quantitative estimate of drug-likeness (QED) is 0.671. The summed E-state index contributed by atoms with van der Waals surface area (Å²) in [6.45, 7) is 1.66. The highest BCUT2D eigenvalue weighted by molar-refractivity contribution is 5.90. The van der Waals surface area contributed by atoms with Crippen molar-refractivity contribution in [3.63, 3.8) is 0 Å². The molecule has 0 saturated carbocycles. The molecule has 1 aromatic rings. The molecular weight excluding hydrogens is 246 g/mol. The molecule has 1 atom stereocenters. The summed E-state index contributed by atoms with van der Waals surface area (Å²) >= 11 is 0. The van der Waals surface area contributed by atoms with Crippen molar-refractivity contribution >= 4 is 17.5 Å². The summed E-state index contributed by atoms with van der Waals surface area (Å²) in [7, 11) is 0. The number of benzene rings is 1. The van der Waals surface area contributed by atoms with Crippen molar-refractivity contribution < 1.29 is 14.3 Å². The number of hydrogen-bond acceptors (Lipinski definition) is 4. The largest absolute Gasteiger partial charge is 0.484 e. The highest BCUT2D eigenvalue weighted by Crippen LogP contribution is 2.17. The SMILES string of the molecule is CC(N)CCC(=O)Nc1cccc(OCC(N)=O)c1. The van der Waals surface area contributed by atoms with E-state index in [2.05, 4.69) is 5.32 Å². The molecular formula is C13H19N3O3. The molecule has 0 aromatic heterocycles. The maximum absolute atomic E-state index is 11.6. The lowest BCUT2D eigenvalue weighted by Crippen LogP contribution is -2.20. The van der Waals surface area contributed by atoms with Crippen LogP contribution in [0.3, 0.4) is 0 Å². The van der Waals surface area contributed by atoms with Gasteiger partial charge in [0.1, 0.15) is 5.75 Å². The van der Waals surface area contributed by atoms with Gasteiger partial charge in [0.05, 0.1) is 0 Å². The van der Waals surface area contributed by atoms with Crippen LogP contribution in [0.5, 0.6) is 5.75 Å². The molecule has 0 saturated heterocycles. The first-order chi connectivity index (χ1) is 8.97. The van der Waals surface area contributed by atoms with Crippen LogP contribution in [0.1, 0.15) is 19.8 Å². The Bertz CT molecular complexity index is 447. The monoisotopic (exact) mass is 265 g/mol. The predicted octanol–water partition coefficient (Wildman–Crippen LogP) is 0.617. The van der Waals surface area contributed by atoms with E-state index < -0.39 is 5.91 Å². The highest BCUT2D eigenvalue weighted by Gasteiger charge is 2.05. The molecule has 0 radical (unpaired) electrons. The Balaban J connectivity index is 2.51. The first-order valence-electron chi connectivity index (χ1n) is 6.04. The van der Waals surface area contributed by atoms with Gasteiger partial charge in [0.15, 0.2) is 6.61 Å². The van der Waals surface area contributed by atoms with E-state index in [9.17, 15) is 9.59 Å². The molecule has 0 bridgehead atoms. The maximum Gasteiger partial charge on any atom is 0.255 e. The van der Waals surface area contributed by atoms with Crippen LogP contribution in [0.2, 0.25) is 0 Å². The number of nitrogens with one attached hydrogen (secondary N) is 1. The Labute approximate surface area is 112 Å². The minimum Gasteiger partial charge on any atom is -0.484 e. The topological polar surface area (TPSA) is 107 Å². The van der Waals surface area contributed by atoms with E-state index in [1.54, 1.807) is 24.3 Å². The number of ether oxygens (including phenoxy) is 1. The number of hydrogen-bond donors (Lipinski definition) is 3. The Hall–Kier alpha value is -2.08. The van der Waals surface area contributed by atoms with Crippen molar-refractivity contribution in [3.8, 4) is 5.75 Å². The minimum absolute atomic E-state index is 0.00372. The molecule has 104 valence electrons. The van der Waals surface area contributed by atoms with Gasteiger partial charge in [0.2, 0.25) is 5.91 Å². The number of primary amides is 1.